The number of carbonyl (C=O) groups is 2. The number of Topliss-reactive ketones (excluding diaryl/α,β-unsaturated/α-hetero) is 2. The van der Waals surface area contributed by atoms with E-state index in [2.05, 4.69) is 10.0 Å². The summed E-state index contributed by atoms with van der Waals surface area (Å²) in [6.45, 7) is 4.97. The molecule has 2 aromatic carbocycles. The van der Waals surface area contributed by atoms with Crippen molar-refractivity contribution in [3.05, 3.63) is 70.2 Å². The Hall–Kier alpha value is -2.22. The number of benzene rings is 2. The molecule has 0 amide bonds. The highest BCUT2D eigenvalue weighted by atomic mass is 35.5. The van der Waals surface area contributed by atoms with Crippen LogP contribution in [0.15, 0.2) is 70.3 Å². The second-order valence-electron chi connectivity index (χ2n) is 6.62. The minimum absolute atomic E-state index is 0.0266. The lowest BCUT2D eigenvalue weighted by atomic mass is 10.2. The predicted octanol–water partition coefficient (Wildman–Crippen LogP) is 5.48. The van der Waals surface area contributed by atoms with Crippen molar-refractivity contribution in [2.45, 2.75) is 25.1 Å². The molecule has 0 bridgehead atoms. The number of allylic oxidation sites excluding steroid dienone is 2. The molecule has 0 aromatic heterocycles. The van der Waals surface area contributed by atoms with Crippen LogP contribution in [0.1, 0.15) is 20.8 Å². The third-order valence-corrected chi connectivity index (χ3v) is 8.00. The highest BCUT2D eigenvalue weighted by molar-refractivity contribution is 8.29. The summed E-state index contributed by atoms with van der Waals surface area (Å²) in [4.78, 5) is 27.4. The molecule has 0 radical (unpaired) electrons. The van der Waals surface area contributed by atoms with Gasteiger partial charge in [-0.3, -0.25) is 9.59 Å². The zero-order valence-electron chi connectivity index (χ0n) is 16.0. The average Bonchev–Trinajstić information content (AvgIpc) is 3.21. The number of hydrogen-bond donors (Lipinski definition) is 0. The van der Waals surface area contributed by atoms with Gasteiger partial charge in [-0.15, -0.1) is 0 Å². The number of hydrazone groups is 1. The maximum absolute atomic E-state index is 12.4. The van der Waals surface area contributed by atoms with Gasteiger partial charge in [-0.25, -0.2) is 5.01 Å². The molecule has 1 atom stereocenters. The molecule has 1 spiro atoms. The molecule has 0 fully saturated rings. The van der Waals surface area contributed by atoms with Crippen LogP contribution in [-0.4, -0.2) is 20.9 Å². The van der Waals surface area contributed by atoms with E-state index in [4.69, 9.17) is 11.6 Å². The van der Waals surface area contributed by atoms with Crippen LogP contribution >= 0.6 is 35.1 Å². The Morgan fingerprint density at radius 3 is 2.24 bits per heavy atom. The van der Waals surface area contributed by atoms with Crippen molar-refractivity contribution >= 4 is 63.1 Å². The van der Waals surface area contributed by atoms with Gasteiger partial charge in [-0.1, -0.05) is 53.7 Å². The minimum atomic E-state index is -0.904. The summed E-state index contributed by atoms with van der Waals surface area (Å²) in [7, 11) is 0. The molecule has 148 valence electrons. The first-order chi connectivity index (χ1) is 13.8. The quantitative estimate of drug-likeness (QED) is 0.623. The van der Waals surface area contributed by atoms with Crippen LogP contribution in [-0.2, 0) is 9.59 Å². The third-order valence-electron chi connectivity index (χ3n) is 4.59. The second kappa shape index (κ2) is 7.55. The van der Waals surface area contributed by atoms with E-state index in [0.29, 0.717) is 20.7 Å². The van der Waals surface area contributed by atoms with Crippen LogP contribution in [0.25, 0.3) is 0 Å². The van der Waals surface area contributed by atoms with Crippen LogP contribution in [0.4, 0.5) is 11.4 Å². The molecule has 2 aliphatic heterocycles. The van der Waals surface area contributed by atoms with Crippen molar-refractivity contribution < 1.29 is 9.59 Å². The van der Waals surface area contributed by atoms with E-state index in [1.165, 1.54) is 30.4 Å². The van der Waals surface area contributed by atoms with Crippen molar-refractivity contribution in [1.29, 1.82) is 0 Å². The first-order valence-electron chi connectivity index (χ1n) is 8.94. The Balaban J connectivity index is 1.94. The summed E-state index contributed by atoms with van der Waals surface area (Å²) in [5, 5.41) is 7.28. The topological polar surface area (TPSA) is 53.0 Å². The largest absolute Gasteiger partial charge is 0.301 e. The second-order valence-corrected chi connectivity index (χ2v) is 9.63. The highest BCUT2D eigenvalue weighted by Gasteiger charge is 2.57. The molecule has 0 aliphatic carbocycles. The normalized spacial score (nSPS) is 21.2. The number of halogens is 1. The molecule has 4 rings (SSSR count). The van der Waals surface area contributed by atoms with Crippen LogP contribution in [0, 0.1) is 0 Å². The van der Waals surface area contributed by atoms with Crippen molar-refractivity contribution in [1.82, 2.24) is 0 Å². The lowest BCUT2D eigenvalue weighted by Crippen LogP contribution is -2.49. The molecule has 0 saturated heterocycles. The SMILES string of the molecule is CC(=O)C1=NN(c2ccccc2Cl)[C@@]2(S1)SC(C(C)=O)=C(C)N2c1ccccc1. The molecule has 8 heteroatoms. The van der Waals surface area contributed by atoms with Gasteiger partial charge in [-0.2, -0.15) is 5.10 Å². The fraction of sp³-hybridized carbons (Fsp3) is 0.190. The van der Waals surface area contributed by atoms with E-state index < -0.39 is 4.33 Å². The first-order valence-corrected chi connectivity index (χ1v) is 11.0. The monoisotopic (exact) mass is 443 g/mol. The summed E-state index contributed by atoms with van der Waals surface area (Å²) in [5.41, 5.74) is 2.39. The number of carbonyl (C=O) groups excluding carboxylic acids is 2. The number of anilines is 2. The van der Waals surface area contributed by atoms with Crippen LogP contribution < -0.4 is 9.91 Å². The summed E-state index contributed by atoms with van der Waals surface area (Å²) in [6, 6.07) is 17.2. The van der Waals surface area contributed by atoms with E-state index in [1.807, 2.05) is 55.5 Å². The lowest BCUT2D eigenvalue weighted by Gasteiger charge is -2.41. The summed E-state index contributed by atoms with van der Waals surface area (Å²) in [6.07, 6.45) is 0. The van der Waals surface area contributed by atoms with E-state index in [1.54, 1.807) is 18.0 Å². The highest BCUT2D eigenvalue weighted by Crippen LogP contribution is 2.60. The molecule has 2 aromatic rings. The minimum Gasteiger partial charge on any atom is -0.301 e. The Kier molecular flexibility index (Phi) is 5.23. The number of nitrogens with zero attached hydrogens (tertiary/aromatic N) is 3. The standard InChI is InChI=1S/C21H18ClN3O2S2/c1-13-19(14(2)26)28-21(24(13)16-9-5-4-6-10-16)25(23-20(29-21)15(3)27)18-12-8-7-11-17(18)22/h4-12H,1-3H3/t21-/m1/s1. The Morgan fingerprint density at radius 1 is 0.966 bits per heavy atom. The van der Waals surface area contributed by atoms with Gasteiger partial charge < -0.3 is 4.90 Å². The summed E-state index contributed by atoms with van der Waals surface area (Å²) in [5.74, 6) is -0.159. The molecule has 2 heterocycles. The van der Waals surface area contributed by atoms with Crippen LogP contribution in [0.3, 0.4) is 0 Å². The third kappa shape index (κ3) is 3.27. The van der Waals surface area contributed by atoms with E-state index in [-0.39, 0.29) is 11.6 Å². The van der Waals surface area contributed by atoms with Crippen molar-refractivity contribution in [3.8, 4) is 0 Å². The van der Waals surface area contributed by atoms with Gasteiger partial charge >= 0.3 is 0 Å². The number of hydrogen-bond acceptors (Lipinski definition) is 7. The van der Waals surface area contributed by atoms with Gasteiger partial charge in [0.15, 0.2) is 16.6 Å². The van der Waals surface area contributed by atoms with E-state index >= 15 is 0 Å². The summed E-state index contributed by atoms with van der Waals surface area (Å²) < 4.78 is -0.904. The smallest absolute Gasteiger partial charge is 0.245 e. The van der Waals surface area contributed by atoms with Crippen molar-refractivity contribution in [3.63, 3.8) is 0 Å². The Labute approximate surface area is 182 Å². The van der Waals surface area contributed by atoms with E-state index in [0.717, 1.165) is 11.4 Å². The molecule has 2 aliphatic rings. The van der Waals surface area contributed by atoms with Crippen LogP contribution in [0.2, 0.25) is 5.02 Å². The fourth-order valence-corrected chi connectivity index (χ4v) is 6.50. The maximum atomic E-state index is 12.4. The lowest BCUT2D eigenvalue weighted by molar-refractivity contribution is -0.113. The van der Waals surface area contributed by atoms with Gasteiger partial charge in [0, 0.05) is 18.3 Å². The van der Waals surface area contributed by atoms with Gasteiger partial charge in [0.05, 0.1) is 15.6 Å². The molecule has 0 saturated carbocycles. The summed E-state index contributed by atoms with van der Waals surface area (Å²) >= 11 is 9.23. The molecule has 0 N–H and O–H groups in total. The average molecular weight is 444 g/mol. The molecular weight excluding hydrogens is 426 g/mol. The van der Waals surface area contributed by atoms with Gasteiger partial charge in [0.1, 0.15) is 0 Å². The Morgan fingerprint density at radius 2 is 1.62 bits per heavy atom. The number of para-hydroxylation sites is 2. The molecule has 0 unspecified atom stereocenters. The zero-order chi connectivity index (χ0) is 20.8. The number of ketones is 2. The Bertz CT molecular complexity index is 1070. The zero-order valence-corrected chi connectivity index (χ0v) is 18.4. The van der Waals surface area contributed by atoms with Crippen LogP contribution in [0.5, 0.6) is 0 Å². The molecule has 29 heavy (non-hydrogen) atoms. The first kappa shape index (κ1) is 20.1. The number of rotatable bonds is 4. The van der Waals surface area contributed by atoms with Gasteiger partial charge in [0.25, 0.3) is 0 Å². The number of thioether (sulfide) groups is 2. The van der Waals surface area contributed by atoms with Crippen molar-refractivity contribution in [2.75, 3.05) is 9.91 Å². The van der Waals surface area contributed by atoms with Gasteiger partial charge in [0.2, 0.25) is 4.33 Å². The molecular formula is C21H18ClN3O2S2. The fourth-order valence-electron chi connectivity index (χ4n) is 3.35. The molecule has 5 nitrogen and oxygen atoms in total. The van der Waals surface area contributed by atoms with E-state index in [9.17, 15) is 9.59 Å². The van der Waals surface area contributed by atoms with Gasteiger partial charge in [-0.05, 0) is 49.9 Å². The predicted molar refractivity (Wildman–Crippen MR) is 122 cm³/mol. The van der Waals surface area contributed by atoms with Crippen molar-refractivity contribution in [2.24, 2.45) is 5.10 Å². The maximum Gasteiger partial charge on any atom is 0.245 e.